The molecule has 1 aliphatic heterocycles. The van der Waals surface area contributed by atoms with Crippen LogP contribution in [0.15, 0.2) is 48.5 Å². The predicted octanol–water partition coefficient (Wildman–Crippen LogP) is 2.25. The molecule has 0 unspecified atom stereocenters. The minimum absolute atomic E-state index is 0.0502. The lowest BCUT2D eigenvalue weighted by Gasteiger charge is -2.40. The topological polar surface area (TPSA) is 77.8 Å². The van der Waals surface area contributed by atoms with E-state index < -0.39 is 0 Å². The van der Waals surface area contributed by atoms with E-state index in [0.717, 1.165) is 49.1 Å². The zero-order chi connectivity index (χ0) is 22.3. The van der Waals surface area contributed by atoms with Crippen molar-refractivity contribution >= 4 is 5.69 Å². The van der Waals surface area contributed by atoms with Gasteiger partial charge in [-0.1, -0.05) is 12.1 Å². The highest BCUT2D eigenvalue weighted by molar-refractivity contribution is 5.49. The Morgan fingerprint density at radius 1 is 0.844 bits per heavy atom. The molecule has 0 bridgehead atoms. The largest absolute Gasteiger partial charge is 0.497 e. The first-order valence-corrected chi connectivity index (χ1v) is 10.8. The van der Waals surface area contributed by atoms with Crippen LogP contribution in [0.5, 0.6) is 11.5 Å². The van der Waals surface area contributed by atoms with Gasteiger partial charge in [0.2, 0.25) is 0 Å². The molecule has 0 saturated carbocycles. The summed E-state index contributed by atoms with van der Waals surface area (Å²) in [7, 11) is 5.05. The van der Waals surface area contributed by atoms with Gasteiger partial charge in [0.05, 0.1) is 33.4 Å². The van der Waals surface area contributed by atoms with Crippen LogP contribution in [0.2, 0.25) is 0 Å². The van der Waals surface area contributed by atoms with Gasteiger partial charge in [0, 0.05) is 39.0 Å². The minimum Gasteiger partial charge on any atom is -0.497 e. The van der Waals surface area contributed by atoms with Gasteiger partial charge in [-0.05, 0) is 52.4 Å². The molecule has 2 aromatic carbocycles. The van der Waals surface area contributed by atoms with Gasteiger partial charge in [0.15, 0.2) is 5.82 Å². The van der Waals surface area contributed by atoms with Crippen molar-refractivity contribution in [2.45, 2.75) is 12.6 Å². The maximum atomic E-state index is 5.35. The fraction of sp³-hybridized carbons (Fsp3) is 0.435. The van der Waals surface area contributed by atoms with Crippen LogP contribution in [0.1, 0.15) is 17.4 Å². The predicted molar refractivity (Wildman–Crippen MR) is 121 cm³/mol. The zero-order valence-electron chi connectivity index (χ0n) is 18.8. The summed E-state index contributed by atoms with van der Waals surface area (Å²) < 4.78 is 17.7. The SMILES string of the molecule is COCCn1nnnc1[C@H](c1ccc(OC)cc1)N1CCN(c2ccc(OC)cc2)CC1. The summed E-state index contributed by atoms with van der Waals surface area (Å²) in [4.78, 5) is 4.84. The van der Waals surface area contributed by atoms with Crippen molar-refractivity contribution in [2.24, 2.45) is 0 Å². The molecule has 0 radical (unpaired) electrons. The smallest absolute Gasteiger partial charge is 0.173 e. The molecule has 32 heavy (non-hydrogen) atoms. The third-order valence-corrected chi connectivity index (χ3v) is 5.86. The number of ether oxygens (including phenoxy) is 3. The van der Waals surface area contributed by atoms with Gasteiger partial charge in [0.25, 0.3) is 0 Å². The number of hydrogen-bond donors (Lipinski definition) is 0. The van der Waals surface area contributed by atoms with Crippen molar-refractivity contribution in [3.63, 3.8) is 0 Å². The van der Waals surface area contributed by atoms with Crippen molar-refractivity contribution in [3.05, 3.63) is 59.9 Å². The average Bonchev–Trinajstić information content (AvgIpc) is 3.32. The summed E-state index contributed by atoms with van der Waals surface area (Å²) >= 11 is 0. The molecule has 2 heterocycles. The summed E-state index contributed by atoms with van der Waals surface area (Å²) in [5.74, 6) is 2.52. The normalized spacial score (nSPS) is 15.5. The standard InChI is InChI=1S/C23H30N6O3/c1-30-17-16-29-23(24-25-26-29)22(18-4-8-20(31-2)9-5-18)28-14-12-27(13-15-28)19-6-10-21(32-3)11-7-19/h4-11,22H,12-17H2,1-3H3/t22-/m0/s1. The number of rotatable bonds is 9. The third-order valence-electron chi connectivity index (χ3n) is 5.86. The van der Waals surface area contributed by atoms with Crippen LogP contribution in [0.3, 0.4) is 0 Å². The van der Waals surface area contributed by atoms with Crippen LogP contribution < -0.4 is 14.4 Å². The molecule has 4 rings (SSSR count). The number of aromatic nitrogens is 4. The Morgan fingerprint density at radius 2 is 1.47 bits per heavy atom. The quantitative estimate of drug-likeness (QED) is 0.504. The monoisotopic (exact) mass is 438 g/mol. The fourth-order valence-corrected chi connectivity index (χ4v) is 4.09. The molecule has 3 aromatic rings. The summed E-state index contributed by atoms with van der Waals surface area (Å²) in [5, 5.41) is 12.6. The van der Waals surface area contributed by atoms with Crippen LogP contribution in [0.25, 0.3) is 0 Å². The van der Waals surface area contributed by atoms with E-state index in [-0.39, 0.29) is 6.04 Å². The lowest BCUT2D eigenvalue weighted by atomic mass is 10.0. The average molecular weight is 439 g/mol. The molecule has 0 aliphatic carbocycles. The number of piperazine rings is 1. The van der Waals surface area contributed by atoms with Gasteiger partial charge in [-0.3, -0.25) is 4.90 Å². The highest BCUT2D eigenvalue weighted by atomic mass is 16.5. The molecule has 0 amide bonds. The van der Waals surface area contributed by atoms with Crippen molar-refractivity contribution in [3.8, 4) is 11.5 Å². The van der Waals surface area contributed by atoms with Crippen LogP contribution >= 0.6 is 0 Å². The number of tetrazole rings is 1. The number of benzene rings is 2. The molecule has 170 valence electrons. The highest BCUT2D eigenvalue weighted by Gasteiger charge is 2.30. The number of nitrogens with zero attached hydrogens (tertiary/aromatic N) is 6. The minimum atomic E-state index is -0.0502. The van der Waals surface area contributed by atoms with E-state index in [4.69, 9.17) is 14.2 Å². The number of anilines is 1. The first-order valence-electron chi connectivity index (χ1n) is 10.8. The van der Waals surface area contributed by atoms with Crippen LogP contribution in [0, 0.1) is 0 Å². The van der Waals surface area contributed by atoms with E-state index in [0.29, 0.717) is 13.2 Å². The van der Waals surface area contributed by atoms with E-state index >= 15 is 0 Å². The van der Waals surface area contributed by atoms with Gasteiger partial charge in [0.1, 0.15) is 11.5 Å². The maximum Gasteiger partial charge on any atom is 0.173 e. The highest BCUT2D eigenvalue weighted by Crippen LogP contribution is 2.30. The maximum absolute atomic E-state index is 5.35. The summed E-state index contributed by atoms with van der Waals surface area (Å²) in [5.41, 5.74) is 2.34. The van der Waals surface area contributed by atoms with E-state index in [1.54, 1.807) is 21.3 Å². The van der Waals surface area contributed by atoms with E-state index in [2.05, 4.69) is 49.6 Å². The second-order valence-corrected chi connectivity index (χ2v) is 7.65. The molecular formula is C23H30N6O3. The molecule has 1 aromatic heterocycles. The molecule has 1 saturated heterocycles. The number of methoxy groups -OCH3 is 3. The van der Waals surface area contributed by atoms with Crippen LogP contribution in [-0.2, 0) is 11.3 Å². The Morgan fingerprint density at radius 3 is 2.06 bits per heavy atom. The van der Waals surface area contributed by atoms with Crippen molar-refractivity contribution in [1.29, 1.82) is 0 Å². The lowest BCUT2D eigenvalue weighted by molar-refractivity contribution is 0.171. The molecule has 9 nitrogen and oxygen atoms in total. The van der Waals surface area contributed by atoms with Crippen molar-refractivity contribution < 1.29 is 14.2 Å². The van der Waals surface area contributed by atoms with Gasteiger partial charge >= 0.3 is 0 Å². The van der Waals surface area contributed by atoms with Crippen LogP contribution in [0.4, 0.5) is 5.69 Å². The lowest BCUT2D eigenvalue weighted by Crippen LogP contribution is -2.48. The Hall–Kier alpha value is -3.17. The zero-order valence-corrected chi connectivity index (χ0v) is 18.8. The fourth-order valence-electron chi connectivity index (χ4n) is 4.09. The summed E-state index contributed by atoms with van der Waals surface area (Å²) in [6.45, 7) is 4.77. The summed E-state index contributed by atoms with van der Waals surface area (Å²) in [6, 6.07) is 16.3. The van der Waals surface area contributed by atoms with Crippen LogP contribution in [-0.4, -0.2) is 79.2 Å². The molecule has 1 aliphatic rings. The van der Waals surface area contributed by atoms with Gasteiger partial charge in [-0.15, -0.1) is 5.10 Å². The van der Waals surface area contributed by atoms with E-state index in [1.165, 1.54) is 5.69 Å². The van der Waals surface area contributed by atoms with E-state index in [1.807, 2.05) is 28.9 Å². The van der Waals surface area contributed by atoms with Gasteiger partial charge in [-0.25, -0.2) is 4.68 Å². The Balaban J connectivity index is 1.55. The summed E-state index contributed by atoms with van der Waals surface area (Å²) in [6.07, 6.45) is 0. The third kappa shape index (κ3) is 4.84. The van der Waals surface area contributed by atoms with Crippen molar-refractivity contribution in [2.75, 3.05) is 59.0 Å². The molecule has 1 fully saturated rings. The molecular weight excluding hydrogens is 408 g/mol. The molecule has 1 atom stereocenters. The Bertz CT molecular complexity index is 968. The van der Waals surface area contributed by atoms with E-state index in [9.17, 15) is 0 Å². The van der Waals surface area contributed by atoms with Gasteiger partial charge < -0.3 is 19.1 Å². The second-order valence-electron chi connectivity index (χ2n) is 7.65. The second kappa shape index (κ2) is 10.4. The Kier molecular flexibility index (Phi) is 7.18. The molecule has 0 spiro atoms. The Labute approximate surface area is 188 Å². The van der Waals surface area contributed by atoms with Crippen molar-refractivity contribution in [1.82, 2.24) is 25.1 Å². The first kappa shape index (κ1) is 22.0. The first-order chi connectivity index (χ1) is 15.7. The van der Waals surface area contributed by atoms with Gasteiger partial charge in [-0.2, -0.15) is 0 Å². The number of hydrogen-bond acceptors (Lipinski definition) is 8. The molecule has 0 N–H and O–H groups in total. The molecule has 9 heteroatoms.